The lowest BCUT2D eigenvalue weighted by Gasteiger charge is -2.38. The molecule has 10 heteroatoms. The van der Waals surface area contributed by atoms with E-state index in [9.17, 15) is 13.6 Å². The lowest BCUT2D eigenvalue weighted by atomic mass is 9.84. The summed E-state index contributed by atoms with van der Waals surface area (Å²) in [6.45, 7) is 3.77. The molecule has 1 heterocycles. The molecule has 0 radical (unpaired) electrons. The summed E-state index contributed by atoms with van der Waals surface area (Å²) in [5, 5.41) is 6.10. The number of anilines is 3. The van der Waals surface area contributed by atoms with Gasteiger partial charge in [-0.1, -0.05) is 0 Å². The number of aromatic nitrogens is 2. The maximum absolute atomic E-state index is 14.2. The number of benzene rings is 1. The largest absolute Gasteiger partial charge is 0.368 e. The Hall–Kier alpha value is -3.30. The molecule has 2 saturated carbocycles. The summed E-state index contributed by atoms with van der Waals surface area (Å²) in [7, 11) is 0. The normalized spacial score (nSPS) is 20.4. The van der Waals surface area contributed by atoms with Crippen LogP contribution in [0.3, 0.4) is 0 Å². The van der Waals surface area contributed by atoms with E-state index < -0.39 is 11.6 Å². The fourth-order valence-corrected chi connectivity index (χ4v) is 4.08. The molecule has 2 aromatic rings. The molecule has 1 aromatic carbocycles. The van der Waals surface area contributed by atoms with Crippen molar-refractivity contribution in [3.8, 4) is 0 Å². The van der Waals surface area contributed by atoms with Gasteiger partial charge in [-0.15, -0.1) is 0 Å². The molecule has 170 valence electrons. The number of hydrogen-bond donors (Lipinski definition) is 3. The van der Waals surface area contributed by atoms with E-state index in [1.807, 2.05) is 4.90 Å². The molecule has 1 aromatic heterocycles. The van der Waals surface area contributed by atoms with Crippen LogP contribution in [-0.2, 0) is 4.79 Å². The number of rotatable bonds is 8. The summed E-state index contributed by atoms with van der Waals surface area (Å²) in [5.74, 6) is -0.646. The molecular formula is C22H27F2N7O. The van der Waals surface area contributed by atoms with Crippen LogP contribution in [0.4, 0.5) is 31.9 Å². The van der Waals surface area contributed by atoms with E-state index in [0.29, 0.717) is 17.5 Å². The van der Waals surface area contributed by atoms with Crippen molar-refractivity contribution in [1.82, 2.24) is 15.3 Å². The average Bonchev–Trinajstić information content (AvgIpc) is 3.60. The van der Waals surface area contributed by atoms with E-state index in [1.54, 1.807) is 0 Å². The number of hydrogen-bond acceptors (Lipinski definition) is 7. The fraction of sp³-hybridized carbons (Fsp3) is 0.455. The molecule has 0 aliphatic heterocycles. The van der Waals surface area contributed by atoms with Crippen molar-refractivity contribution in [2.75, 3.05) is 22.6 Å². The van der Waals surface area contributed by atoms with Crippen LogP contribution in [0.5, 0.6) is 0 Å². The summed E-state index contributed by atoms with van der Waals surface area (Å²) >= 11 is 0. The molecule has 0 atom stereocenters. The van der Waals surface area contributed by atoms with Crippen molar-refractivity contribution in [3.63, 3.8) is 0 Å². The third-order valence-corrected chi connectivity index (χ3v) is 6.01. The molecule has 2 aliphatic rings. The highest BCUT2D eigenvalue weighted by Crippen LogP contribution is 2.35. The summed E-state index contributed by atoms with van der Waals surface area (Å²) < 4.78 is 27.4. The van der Waals surface area contributed by atoms with Crippen molar-refractivity contribution in [3.05, 3.63) is 36.0 Å². The number of nitrogens with one attached hydrogen (secondary N) is 2. The third-order valence-electron chi connectivity index (χ3n) is 6.01. The molecule has 4 rings (SSSR count). The van der Waals surface area contributed by atoms with Crippen LogP contribution in [0.15, 0.2) is 29.4 Å². The highest BCUT2D eigenvalue weighted by atomic mass is 19.1. The number of nitrogens with two attached hydrogens (primary N) is 1. The van der Waals surface area contributed by atoms with Crippen LogP contribution >= 0.6 is 0 Å². The molecule has 0 saturated heterocycles. The van der Waals surface area contributed by atoms with Gasteiger partial charge in [0.25, 0.3) is 0 Å². The standard InChI is InChI=1S/C22H27F2N7O/c1-26-19-11-27-22(25)30-20(19)31(12-28-18-9-4-14(23)10-17(18)24)16-7-2-13(3-8-16)21(32)29-15-5-6-15/h4,9-11,13,15-16,28H,1-3,5-8,12H2,(H,29,32)(H2,25,27,30). The summed E-state index contributed by atoms with van der Waals surface area (Å²) in [6, 6.07) is 3.74. The highest BCUT2D eigenvalue weighted by molar-refractivity contribution is 5.79. The first-order valence-corrected chi connectivity index (χ1v) is 10.8. The number of amides is 1. The summed E-state index contributed by atoms with van der Waals surface area (Å²) in [5.41, 5.74) is 6.45. The van der Waals surface area contributed by atoms with Gasteiger partial charge in [0.15, 0.2) is 5.82 Å². The molecule has 2 fully saturated rings. The van der Waals surface area contributed by atoms with E-state index >= 15 is 0 Å². The van der Waals surface area contributed by atoms with Gasteiger partial charge in [-0.25, -0.2) is 13.8 Å². The SMILES string of the molecule is C=Nc1cnc(N)nc1N(CNc1ccc(F)cc1F)C1CCC(C(=O)NC2CC2)CC1. The van der Waals surface area contributed by atoms with Crippen LogP contribution in [-0.4, -0.2) is 41.3 Å². The van der Waals surface area contributed by atoms with Gasteiger partial charge in [0.2, 0.25) is 11.9 Å². The average molecular weight is 444 g/mol. The highest BCUT2D eigenvalue weighted by Gasteiger charge is 2.33. The lowest BCUT2D eigenvalue weighted by Crippen LogP contribution is -2.44. The van der Waals surface area contributed by atoms with Crippen LogP contribution in [0.25, 0.3) is 0 Å². The van der Waals surface area contributed by atoms with Gasteiger partial charge in [0, 0.05) is 24.1 Å². The topological polar surface area (TPSA) is 109 Å². The Bertz CT molecular complexity index is 990. The zero-order valence-corrected chi connectivity index (χ0v) is 17.7. The summed E-state index contributed by atoms with van der Waals surface area (Å²) in [4.78, 5) is 26.7. The minimum atomic E-state index is -0.685. The molecule has 0 unspecified atom stereocenters. The molecule has 0 spiro atoms. The maximum Gasteiger partial charge on any atom is 0.223 e. The van der Waals surface area contributed by atoms with Crippen LogP contribution < -0.4 is 21.3 Å². The molecule has 0 bridgehead atoms. The monoisotopic (exact) mass is 443 g/mol. The molecule has 4 N–H and O–H groups in total. The van der Waals surface area contributed by atoms with Gasteiger partial charge < -0.3 is 21.3 Å². The Labute approximate surface area is 185 Å². The van der Waals surface area contributed by atoms with Gasteiger partial charge in [-0.3, -0.25) is 9.79 Å². The number of aliphatic imine (C=N–C) groups is 1. The predicted octanol–water partition coefficient (Wildman–Crippen LogP) is 3.38. The van der Waals surface area contributed by atoms with E-state index in [2.05, 4.69) is 32.3 Å². The maximum atomic E-state index is 14.2. The second kappa shape index (κ2) is 9.46. The van der Waals surface area contributed by atoms with Crippen LogP contribution in [0, 0.1) is 17.6 Å². The molecule has 2 aliphatic carbocycles. The van der Waals surface area contributed by atoms with Crippen molar-refractivity contribution in [2.45, 2.75) is 50.6 Å². The third kappa shape index (κ3) is 5.12. The first-order valence-electron chi connectivity index (χ1n) is 10.8. The van der Waals surface area contributed by atoms with Gasteiger partial charge >= 0.3 is 0 Å². The van der Waals surface area contributed by atoms with Gasteiger partial charge in [-0.05, 0) is 57.4 Å². The van der Waals surface area contributed by atoms with E-state index in [-0.39, 0.29) is 36.2 Å². The van der Waals surface area contributed by atoms with E-state index in [4.69, 9.17) is 5.73 Å². The number of carbonyl (C=O) groups is 1. The van der Waals surface area contributed by atoms with Crippen LogP contribution in [0.1, 0.15) is 38.5 Å². The molecule has 32 heavy (non-hydrogen) atoms. The minimum absolute atomic E-state index is 0.0105. The zero-order valence-electron chi connectivity index (χ0n) is 17.7. The number of nitrogen functional groups attached to an aromatic ring is 1. The smallest absolute Gasteiger partial charge is 0.223 e. The number of carbonyl (C=O) groups excluding carboxylic acids is 1. The number of nitrogens with zero attached hydrogens (tertiary/aromatic N) is 4. The van der Waals surface area contributed by atoms with Crippen LogP contribution in [0.2, 0.25) is 0 Å². The second-order valence-electron chi connectivity index (χ2n) is 8.31. The molecule has 8 nitrogen and oxygen atoms in total. The molecule has 1 amide bonds. The van der Waals surface area contributed by atoms with E-state index in [1.165, 1.54) is 18.3 Å². The van der Waals surface area contributed by atoms with Gasteiger partial charge in [-0.2, -0.15) is 4.98 Å². The van der Waals surface area contributed by atoms with Crippen molar-refractivity contribution < 1.29 is 13.6 Å². The Morgan fingerprint density at radius 2 is 1.97 bits per heavy atom. The Kier molecular flexibility index (Phi) is 6.48. The van der Waals surface area contributed by atoms with Gasteiger partial charge in [0.05, 0.1) is 18.6 Å². The van der Waals surface area contributed by atoms with Gasteiger partial charge in [0.1, 0.15) is 17.3 Å². The Morgan fingerprint density at radius 1 is 1.22 bits per heavy atom. The molecular weight excluding hydrogens is 416 g/mol. The zero-order chi connectivity index (χ0) is 22.7. The van der Waals surface area contributed by atoms with Crippen molar-refractivity contribution >= 4 is 35.8 Å². The lowest BCUT2D eigenvalue weighted by molar-refractivity contribution is -0.126. The predicted molar refractivity (Wildman–Crippen MR) is 120 cm³/mol. The Balaban J connectivity index is 1.52. The second-order valence-corrected chi connectivity index (χ2v) is 8.31. The number of halogens is 2. The fourth-order valence-electron chi connectivity index (χ4n) is 4.08. The minimum Gasteiger partial charge on any atom is -0.368 e. The van der Waals surface area contributed by atoms with Crippen molar-refractivity contribution in [1.29, 1.82) is 0 Å². The summed E-state index contributed by atoms with van der Waals surface area (Å²) in [6.07, 6.45) is 6.59. The first-order chi connectivity index (χ1) is 15.4. The van der Waals surface area contributed by atoms with E-state index in [0.717, 1.165) is 44.6 Å². The van der Waals surface area contributed by atoms with Crippen molar-refractivity contribution in [2.24, 2.45) is 10.9 Å². The first kappa shape index (κ1) is 21.9. The Morgan fingerprint density at radius 3 is 2.62 bits per heavy atom. The quantitative estimate of drug-likeness (QED) is 0.426.